The van der Waals surface area contributed by atoms with Gasteiger partial charge in [0.25, 0.3) is 5.91 Å². The Bertz CT molecular complexity index is 1730. The minimum absolute atomic E-state index is 0.0406. The molecule has 3 atom stereocenters. The van der Waals surface area contributed by atoms with Crippen LogP contribution in [0.1, 0.15) is 59.8 Å². The minimum Gasteiger partial charge on any atom is -0.497 e. The Labute approximate surface area is 302 Å². The summed E-state index contributed by atoms with van der Waals surface area (Å²) < 4.78 is 72.8. The van der Waals surface area contributed by atoms with Crippen LogP contribution in [0.5, 0.6) is 5.75 Å². The normalized spacial score (nSPS) is 13.5. The molecule has 3 aromatic rings. The molecule has 0 fully saturated rings. The molecule has 3 aromatic carbocycles. The molecule has 0 spiro atoms. The summed E-state index contributed by atoms with van der Waals surface area (Å²) in [6, 6.07) is 17.4. The molecule has 280 valence electrons. The number of halogens is 6. The van der Waals surface area contributed by atoms with E-state index in [2.05, 4.69) is 5.32 Å². The first-order chi connectivity index (χ1) is 24.4. The van der Waals surface area contributed by atoms with Crippen LogP contribution in [0.15, 0.2) is 72.8 Å². The Morgan fingerprint density at radius 3 is 2.02 bits per heavy atom. The van der Waals surface area contributed by atoms with Crippen molar-refractivity contribution >= 4 is 40.8 Å². The fourth-order valence-corrected chi connectivity index (χ4v) is 5.56. The molecule has 0 heterocycles. The Kier molecular flexibility index (Phi) is 14.6. The highest BCUT2D eigenvalue weighted by molar-refractivity contribution is 6.31. The summed E-state index contributed by atoms with van der Waals surface area (Å²) in [4.78, 5) is 66.4. The third-order valence-corrected chi connectivity index (χ3v) is 8.59. The Balaban J connectivity index is 1.97. The predicted octanol–water partition coefficient (Wildman–Crippen LogP) is 6.21. The van der Waals surface area contributed by atoms with Crippen LogP contribution in [0.3, 0.4) is 0 Å². The van der Waals surface area contributed by atoms with Crippen molar-refractivity contribution in [2.75, 3.05) is 13.7 Å². The zero-order chi connectivity index (χ0) is 38.8. The van der Waals surface area contributed by atoms with Crippen molar-refractivity contribution in [3.63, 3.8) is 0 Å². The van der Waals surface area contributed by atoms with Crippen molar-refractivity contribution in [3.05, 3.63) is 100 Å². The number of amides is 2. The lowest BCUT2D eigenvalue weighted by Crippen LogP contribution is -2.51. The Morgan fingerprint density at radius 1 is 0.865 bits per heavy atom. The van der Waals surface area contributed by atoms with Crippen molar-refractivity contribution in [1.29, 1.82) is 0 Å². The number of ether oxygens (including phenoxy) is 1. The zero-order valence-electron chi connectivity index (χ0n) is 28.6. The molecule has 0 unspecified atom stereocenters. The summed E-state index contributed by atoms with van der Waals surface area (Å²) in [5, 5.41) is 3.95. The quantitative estimate of drug-likeness (QED) is 0.0797. The van der Waals surface area contributed by atoms with Crippen molar-refractivity contribution < 1.29 is 50.7 Å². The third kappa shape index (κ3) is 11.7. The molecule has 0 aliphatic heterocycles. The summed E-state index contributed by atoms with van der Waals surface area (Å²) in [6.07, 6.45) is -6.21. The number of Topliss-reactive ketones (excluding diaryl/α,β-unsaturated/α-hetero) is 3. The van der Waals surface area contributed by atoms with Crippen LogP contribution in [-0.2, 0) is 32.1 Å². The van der Waals surface area contributed by atoms with Crippen LogP contribution >= 0.6 is 11.6 Å². The van der Waals surface area contributed by atoms with Crippen LogP contribution in [-0.4, -0.2) is 54.9 Å². The first-order valence-corrected chi connectivity index (χ1v) is 16.5. The number of benzene rings is 3. The summed E-state index contributed by atoms with van der Waals surface area (Å²) in [5.74, 6) is -15.0. The number of rotatable bonds is 18. The summed E-state index contributed by atoms with van der Waals surface area (Å²) in [7, 11) is 1.39. The van der Waals surface area contributed by atoms with Crippen LogP contribution < -0.4 is 21.1 Å². The lowest BCUT2D eigenvalue weighted by molar-refractivity contribution is -0.167. The standard InChI is InChI=1S/C37H39ClF5N3O6/c1-21(2)29(33(49)37(42,43)35(51)45-20-36(39,40)41)18-31(48)32(24-11-13-28(52-3)14-12-24)46-34(50)26(15-22-7-9-23(19-44)10-8-22)17-30(47)25-5-4-6-27(38)16-25/h4-14,16,21,26,29,32H,15,17-20,44H2,1-3H3,(H,45,51)(H,46,50)/t26-,29+,32+/m1/s1. The van der Waals surface area contributed by atoms with E-state index in [4.69, 9.17) is 22.1 Å². The Morgan fingerprint density at radius 2 is 1.48 bits per heavy atom. The number of carbonyl (C=O) groups is 5. The molecule has 0 aliphatic rings. The fraction of sp³-hybridized carbons (Fsp3) is 0.378. The number of hydrogen-bond donors (Lipinski definition) is 3. The fourth-order valence-electron chi connectivity index (χ4n) is 5.37. The average Bonchev–Trinajstić information content (AvgIpc) is 3.10. The first kappa shape index (κ1) is 41.7. The maximum absolute atomic E-state index is 14.9. The predicted molar refractivity (Wildman–Crippen MR) is 183 cm³/mol. The molecule has 52 heavy (non-hydrogen) atoms. The lowest BCUT2D eigenvalue weighted by Gasteiger charge is -2.27. The molecule has 0 saturated heterocycles. The van der Waals surface area contributed by atoms with Gasteiger partial charge in [-0.3, -0.25) is 24.0 Å². The van der Waals surface area contributed by atoms with E-state index in [1.165, 1.54) is 57.4 Å². The van der Waals surface area contributed by atoms with Crippen molar-refractivity contribution in [3.8, 4) is 5.75 Å². The minimum atomic E-state index is -5.02. The highest BCUT2D eigenvalue weighted by Gasteiger charge is 2.52. The van der Waals surface area contributed by atoms with E-state index >= 15 is 0 Å². The molecule has 0 saturated carbocycles. The number of nitrogens with one attached hydrogen (secondary N) is 2. The van der Waals surface area contributed by atoms with E-state index in [-0.39, 0.29) is 30.5 Å². The molecule has 0 aromatic heterocycles. The van der Waals surface area contributed by atoms with Gasteiger partial charge < -0.3 is 21.1 Å². The van der Waals surface area contributed by atoms with Gasteiger partial charge in [0.15, 0.2) is 11.6 Å². The second kappa shape index (κ2) is 18.2. The van der Waals surface area contributed by atoms with Gasteiger partial charge in [0.05, 0.1) is 7.11 Å². The second-order valence-corrected chi connectivity index (χ2v) is 13.0. The highest BCUT2D eigenvalue weighted by atomic mass is 35.5. The molecule has 0 aliphatic carbocycles. The van der Waals surface area contributed by atoms with Gasteiger partial charge in [0.2, 0.25) is 11.7 Å². The number of carbonyl (C=O) groups excluding carboxylic acids is 5. The van der Waals surface area contributed by atoms with E-state index in [1.54, 1.807) is 36.4 Å². The van der Waals surface area contributed by atoms with Gasteiger partial charge in [0, 0.05) is 41.8 Å². The van der Waals surface area contributed by atoms with Gasteiger partial charge in [-0.25, -0.2) is 0 Å². The van der Waals surface area contributed by atoms with Crippen LogP contribution in [0.2, 0.25) is 5.02 Å². The van der Waals surface area contributed by atoms with Crippen molar-refractivity contribution in [2.24, 2.45) is 23.5 Å². The molecule has 2 amide bonds. The van der Waals surface area contributed by atoms with Gasteiger partial charge in [-0.1, -0.05) is 74.0 Å². The Hall–Kier alpha value is -4.69. The maximum atomic E-state index is 14.9. The van der Waals surface area contributed by atoms with Crippen molar-refractivity contribution in [2.45, 2.75) is 57.8 Å². The monoisotopic (exact) mass is 751 g/mol. The van der Waals surface area contributed by atoms with Crippen LogP contribution in [0.4, 0.5) is 22.0 Å². The number of nitrogens with two attached hydrogens (primary N) is 1. The molecule has 0 radical (unpaired) electrons. The number of alkyl halides is 5. The molecule has 9 nitrogen and oxygen atoms in total. The van der Waals surface area contributed by atoms with Crippen LogP contribution in [0.25, 0.3) is 0 Å². The third-order valence-electron chi connectivity index (χ3n) is 8.35. The van der Waals surface area contributed by atoms with Gasteiger partial charge in [-0.05, 0) is 53.3 Å². The van der Waals surface area contributed by atoms with Gasteiger partial charge in [-0.15, -0.1) is 0 Å². The van der Waals surface area contributed by atoms with Crippen molar-refractivity contribution in [1.82, 2.24) is 10.6 Å². The van der Waals surface area contributed by atoms with Gasteiger partial charge in [-0.2, -0.15) is 22.0 Å². The first-order valence-electron chi connectivity index (χ1n) is 16.2. The maximum Gasteiger partial charge on any atom is 0.405 e. The molecule has 4 N–H and O–H groups in total. The number of hydrogen-bond acceptors (Lipinski definition) is 7. The second-order valence-electron chi connectivity index (χ2n) is 12.5. The van der Waals surface area contributed by atoms with E-state index in [0.717, 1.165) is 10.9 Å². The molecule has 0 bridgehead atoms. The number of ketones is 3. The topological polar surface area (TPSA) is 145 Å². The summed E-state index contributed by atoms with van der Waals surface area (Å²) in [6.45, 7) is 0.832. The number of methoxy groups -OCH3 is 1. The smallest absolute Gasteiger partial charge is 0.405 e. The molecule has 15 heteroatoms. The summed E-state index contributed by atoms with van der Waals surface area (Å²) >= 11 is 6.08. The largest absolute Gasteiger partial charge is 0.497 e. The molecular weight excluding hydrogens is 713 g/mol. The van der Waals surface area contributed by atoms with Gasteiger partial charge in [0.1, 0.15) is 18.3 Å². The molecule has 3 rings (SSSR count). The SMILES string of the molecule is COc1ccc([C@H](NC(=O)[C@@H](CC(=O)c2cccc(Cl)c2)Cc2ccc(CN)cc2)C(=O)C[C@H](C(=O)C(F)(F)C(=O)NCC(F)(F)F)C(C)C)cc1. The average molecular weight is 752 g/mol. The lowest BCUT2D eigenvalue weighted by atomic mass is 9.82. The van der Waals surface area contributed by atoms with Gasteiger partial charge >= 0.3 is 12.1 Å². The van der Waals surface area contributed by atoms with E-state index in [1.807, 2.05) is 0 Å². The molecular formula is C37H39ClF5N3O6. The van der Waals surface area contributed by atoms with E-state index in [9.17, 15) is 45.9 Å². The zero-order valence-corrected chi connectivity index (χ0v) is 29.3. The van der Waals surface area contributed by atoms with Crippen LogP contribution in [0, 0.1) is 17.8 Å². The van der Waals surface area contributed by atoms with E-state index < -0.39 is 78.0 Å². The summed E-state index contributed by atoms with van der Waals surface area (Å²) in [5.41, 5.74) is 7.61. The van der Waals surface area contributed by atoms with E-state index in [0.29, 0.717) is 16.3 Å². The highest BCUT2D eigenvalue weighted by Crippen LogP contribution is 2.31.